The number of aryl methyl sites for hydroxylation is 1. The highest BCUT2D eigenvalue weighted by atomic mass is 16.5. The molecule has 1 unspecified atom stereocenters. The van der Waals surface area contributed by atoms with Gasteiger partial charge < -0.3 is 15.0 Å². The average molecular weight is 449 g/mol. The van der Waals surface area contributed by atoms with Crippen LogP contribution in [0.25, 0.3) is 16.9 Å². The van der Waals surface area contributed by atoms with Crippen LogP contribution in [0, 0.1) is 6.92 Å². The largest absolute Gasteiger partial charge is 0.450 e. The fourth-order valence-corrected chi connectivity index (χ4v) is 4.49. The number of rotatable bonds is 5. The standard InChI is InChI=1S/C24H28N6O3/c1-3-33-24(32)26-17-7-6-12-29(14-17)23(31)18-13-19(16-9-10-16)27-22-21(18)15(2)28-30(22)20-8-4-5-11-25-20/h4-5,8,11,13,16-17H,3,6-7,9-10,12,14H2,1-2H3,(H,26,32). The summed E-state index contributed by atoms with van der Waals surface area (Å²) in [5, 5.41) is 8.33. The number of alkyl carbamates (subject to hydrolysis) is 1. The zero-order valence-corrected chi connectivity index (χ0v) is 19.0. The van der Waals surface area contributed by atoms with Crippen LogP contribution in [0.4, 0.5) is 4.79 Å². The predicted octanol–water partition coefficient (Wildman–Crippen LogP) is 3.35. The van der Waals surface area contributed by atoms with Crippen molar-refractivity contribution in [2.24, 2.45) is 0 Å². The summed E-state index contributed by atoms with van der Waals surface area (Å²) in [6, 6.07) is 7.47. The first kappa shape index (κ1) is 21.4. The van der Waals surface area contributed by atoms with Crippen LogP contribution in [0.2, 0.25) is 0 Å². The number of likely N-dealkylation sites (tertiary alicyclic amines) is 1. The number of piperidine rings is 1. The van der Waals surface area contributed by atoms with Gasteiger partial charge >= 0.3 is 6.09 Å². The molecule has 0 spiro atoms. The van der Waals surface area contributed by atoms with E-state index in [1.165, 1.54) is 0 Å². The lowest BCUT2D eigenvalue weighted by molar-refractivity contribution is 0.0688. The number of hydrogen-bond acceptors (Lipinski definition) is 6. The number of pyridine rings is 2. The summed E-state index contributed by atoms with van der Waals surface area (Å²) < 4.78 is 6.74. The van der Waals surface area contributed by atoms with Crippen molar-refractivity contribution in [3.05, 3.63) is 47.4 Å². The molecule has 1 aliphatic heterocycles. The molecule has 1 aliphatic carbocycles. The van der Waals surface area contributed by atoms with Crippen LogP contribution in [0.1, 0.15) is 60.3 Å². The van der Waals surface area contributed by atoms with E-state index in [2.05, 4.69) is 10.3 Å². The molecule has 0 aromatic carbocycles. The second-order valence-corrected chi connectivity index (χ2v) is 8.71. The van der Waals surface area contributed by atoms with E-state index in [1.54, 1.807) is 17.8 Å². The van der Waals surface area contributed by atoms with Gasteiger partial charge in [-0.3, -0.25) is 4.79 Å². The minimum Gasteiger partial charge on any atom is -0.450 e. The minimum atomic E-state index is -0.438. The van der Waals surface area contributed by atoms with Crippen LogP contribution in [-0.2, 0) is 4.74 Å². The third-order valence-electron chi connectivity index (χ3n) is 6.23. The Morgan fingerprint density at radius 3 is 2.82 bits per heavy atom. The van der Waals surface area contributed by atoms with E-state index in [-0.39, 0.29) is 11.9 Å². The summed E-state index contributed by atoms with van der Waals surface area (Å²) in [6.07, 6.45) is 5.08. The summed E-state index contributed by atoms with van der Waals surface area (Å²) >= 11 is 0. The van der Waals surface area contributed by atoms with E-state index in [0.717, 1.165) is 42.5 Å². The van der Waals surface area contributed by atoms with Crippen molar-refractivity contribution in [3.63, 3.8) is 0 Å². The summed E-state index contributed by atoms with van der Waals surface area (Å²) in [7, 11) is 0. The highest BCUT2D eigenvalue weighted by Gasteiger charge is 2.32. The monoisotopic (exact) mass is 448 g/mol. The van der Waals surface area contributed by atoms with Crippen molar-refractivity contribution in [3.8, 4) is 5.82 Å². The van der Waals surface area contributed by atoms with E-state index in [4.69, 9.17) is 14.8 Å². The van der Waals surface area contributed by atoms with Crippen molar-refractivity contribution < 1.29 is 14.3 Å². The number of amides is 2. The van der Waals surface area contributed by atoms with Gasteiger partial charge in [0.25, 0.3) is 5.91 Å². The highest BCUT2D eigenvalue weighted by molar-refractivity contribution is 6.07. The van der Waals surface area contributed by atoms with Gasteiger partial charge in [0, 0.05) is 36.9 Å². The van der Waals surface area contributed by atoms with E-state index < -0.39 is 6.09 Å². The molecule has 172 valence electrons. The van der Waals surface area contributed by atoms with Gasteiger partial charge in [-0.2, -0.15) is 9.78 Å². The minimum absolute atomic E-state index is 0.0525. The van der Waals surface area contributed by atoms with Crippen molar-refractivity contribution in [1.82, 2.24) is 30.0 Å². The normalized spacial score (nSPS) is 18.4. The highest BCUT2D eigenvalue weighted by Crippen LogP contribution is 2.41. The molecule has 5 rings (SSSR count). The topological polar surface area (TPSA) is 102 Å². The Morgan fingerprint density at radius 1 is 1.24 bits per heavy atom. The number of carbonyl (C=O) groups excluding carboxylic acids is 2. The third-order valence-corrected chi connectivity index (χ3v) is 6.23. The lowest BCUT2D eigenvalue weighted by Gasteiger charge is -2.33. The molecule has 4 heterocycles. The van der Waals surface area contributed by atoms with Crippen LogP contribution in [-0.4, -0.2) is 62.4 Å². The van der Waals surface area contributed by atoms with Crippen LogP contribution in [0.5, 0.6) is 0 Å². The summed E-state index contributed by atoms with van der Waals surface area (Å²) in [6.45, 7) is 5.09. The maximum absolute atomic E-state index is 13.8. The molecule has 1 saturated carbocycles. The van der Waals surface area contributed by atoms with E-state index in [1.807, 2.05) is 36.1 Å². The van der Waals surface area contributed by atoms with E-state index in [0.29, 0.717) is 42.6 Å². The molecule has 2 aliphatic rings. The molecule has 33 heavy (non-hydrogen) atoms. The Hall–Kier alpha value is -3.49. The van der Waals surface area contributed by atoms with Crippen LogP contribution < -0.4 is 5.32 Å². The average Bonchev–Trinajstić information content (AvgIpc) is 3.62. The lowest BCUT2D eigenvalue weighted by atomic mass is 10.0. The molecule has 3 aromatic heterocycles. The number of aromatic nitrogens is 4. The number of fused-ring (bicyclic) bond motifs is 1. The zero-order chi connectivity index (χ0) is 22.9. The summed E-state index contributed by atoms with van der Waals surface area (Å²) in [4.78, 5) is 36.8. The van der Waals surface area contributed by atoms with Crippen molar-refractivity contribution in [2.75, 3.05) is 19.7 Å². The number of ether oxygens (including phenoxy) is 1. The maximum Gasteiger partial charge on any atom is 0.407 e. The number of carbonyl (C=O) groups is 2. The first-order chi connectivity index (χ1) is 16.0. The van der Waals surface area contributed by atoms with Gasteiger partial charge in [0.05, 0.1) is 23.3 Å². The summed E-state index contributed by atoms with van der Waals surface area (Å²) in [5.41, 5.74) is 2.96. The Bertz CT molecular complexity index is 1190. The molecule has 1 saturated heterocycles. The van der Waals surface area contributed by atoms with Crippen molar-refractivity contribution in [2.45, 2.75) is 51.5 Å². The Kier molecular flexibility index (Phi) is 5.70. The smallest absolute Gasteiger partial charge is 0.407 e. The lowest BCUT2D eigenvalue weighted by Crippen LogP contribution is -2.49. The van der Waals surface area contributed by atoms with Gasteiger partial charge in [-0.05, 0) is 57.7 Å². The van der Waals surface area contributed by atoms with Crippen molar-refractivity contribution >= 4 is 23.0 Å². The predicted molar refractivity (Wildman–Crippen MR) is 122 cm³/mol. The second-order valence-electron chi connectivity index (χ2n) is 8.71. The van der Waals surface area contributed by atoms with Gasteiger partial charge in [-0.25, -0.2) is 14.8 Å². The third kappa shape index (κ3) is 4.27. The van der Waals surface area contributed by atoms with Crippen LogP contribution in [0.3, 0.4) is 0 Å². The molecule has 9 nitrogen and oxygen atoms in total. The number of nitrogens with zero attached hydrogens (tertiary/aromatic N) is 5. The fourth-order valence-electron chi connectivity index (χ4n) is 4.49. The zero-order valence-electron chi connectivity index (χ0n) is 19.0. The second kappa shape index (κ2) is 8.80. The number of hydrogen-bond donors (Lipinski definition) is 1. The SMILES string of the molecule is CCOC(=O)NC1CCCN(C(=O)c2cc(C3CC3)nc3c2c(C)nn3-c2ccccn2)C1. The summed E-state index contributed by atoms with van der Waals surface area (Å²) in [5.74, 6) is 1.00. The molecule has 2 fully saturated rings. The molecular weight excluding hydrogens is 420 g/mol. The van der Waals surface area contributed by atoms with Crippen molar-refractivity contribution in [1.29, 1.82) is 0 Å². The molecule has 0 bridgehead atoms. The Balaban J connectivity index is 1.51. The van der Waals surface area contributed by atoms with Gasteiger partial charge in [-0.15, -0.1) is 0 Å². The first-order valence-corrected chi connectivity index (χ1v) is 11.6. The Labute approximate surface area is 192 Å². The first-order valence-electron chi connectivity index (χ1n) is 11.6. The molecule has 1 atom stereocenters. The van der Waals surface area contributed by atoms with Gasteiger partial charge in [0.2, 0.25) is 0 Å². The number of nitrogens with one attached hydrogen (secondary N) is 1. The molecule has 0 radical (unpaired) electrons. The van der Waals surface area contributed by atoms with Gasteiger partial charge in [0.15, 0.2) is 11.5 Å². The van der Waals surface area contributed by atoms with Crippen LogP contribution >= 0.6 is 0 Å². The molecule has 3 aromatic rings. The molecule has 2 amide bonds. The maximum atomic E-state index is 13.8. The molecule has 9 heteroatoms. The molecular formula is C24H28N6O3. The molecule has 1 N–H and O–H groups in total. The van der Waals surface area contributed by atoms with E-state index >= 15 is 0 Å². The van der Waals surface area contributed by atoms with E-state index in [9.17, 15) is 9.59 Å². The van der Waals surface area contributed by atoms with Gasteiger partial charge in [-0.1, -0.05) is 6.07 Å². The fraction of sp³-hybridized carbons (Fsp3) is 0.458. The van der Waals surface area contributed by atoms with Gasteiger partial charge in [0.1, 0.15) is 0 Å². The quantitative estimate of drug-likeness (QED) is 0.642. The van der Waals surface area contributed by atoms with Crippen LogP contribution in [0.15, 0.2) is 30.5 Å². The Morgan fingerprint density at radius 2 is 2.09 bits per heavy atom.